The summed E-state index contributed by atoms with van der Waals surface area (Å²) in [4.78, 5) is 0. The second-order valence-corrected chi connectivity index (χ2v) is 4.70. The van der Waals surface area contributed by atoms with Crippen LogP contribution in [0.15, 0.2) is 42.1 Å². The quantitative estimate of drug-likeness (QED) is 0.615. The van der Waals surface area contributed by atoms with Crippen molar-refractivity contribution >= 4 is 11.8 Å². The highest BCUT2D eigenvalue weighted by Crippen LogP contribution is 2.08. The molecule has 0 saturated carbocycles. The van der Waals surface area contributed by atoms with E-state index in [0.717, 1.165) is 13.0 Å². The maximum atomic E-state index is 3.48. The van der Waals surface area contributed by atoms with Gasteiger partial charge in [-0.2, -0.15) is 0 Å². The van der Waals surface area contributed by atoms with E-state index in [1.54, 1.807) is 0 Å². The number of rotatable bonds is 3. The minimum atomic E-state index is 0. The predicted octanol–water partition coefficient (Wildman–Crippen LogP) is -2.07. The molecule has 0 aliphatic carbocycles. The maximum absolute atomic E-state index is 3.48. The van der Waals surface area contributed by atoms with Crippen molar-refractivity contribution in [2.45, 2.75) is 11.9 Å². The number of nitrogens with one attached hydrogen (secondary N) is 1. The van der Waals surface area contributed by atoms with Crippen LogP contribution in [0, 0.1) is 0 Å². The number of hydrogen-bond acceptors (Lipinski definition) is 2. The monoisotopic (exact) mass is 348 g/mol. The summed E-state index contributed by atoms with van der Waals surface area (Å²) in [5, 5.41) is 5.72. The number of thioether (sulfide) groups is 1. The minimum Gasteiger partial charge on any atom is -1.00 e. The van der Waals surface area contributed by atoms with Crippen LogP contribution in [0.2, 0.25) is 0 Å². The van der Waals surface area contributed by atoms with Crippen molar-refractivity contribution in [2.75, 3.05) is 12.8 Å². The molecule has 0 aromatic heterocycles. The molecule has 0 spiro atoms. The van der Waals surface area contributed by atoms with Gasteiger partial charge >= 0.3 is 0 Å². The average Bonchev–Trinajstić information content (AvgIpc) is 2.31. The summed E-state index contributed by atoms with van der Waals surface area (Å²) in [7, 11) is 0. The van der Waals surface area contributed by atoms with Gasteiger partial charge in [-0.3, -0.25) is 10.6 Å². The Morgan fingerprint density at radius 2 is 2.12 bits per heavy atom. The van der Waals surface area contributed by atoms with Gasteiger partial charge in [-0.1, -0.05) is 42.1 Å². The fourth-order valence-electron chi connectivity index (χ4n) is 1.72. The summed E-state index contributed by atoms with van der Waals surface area (Å²) in [6.45, 7) is 1.01. The van der Waals surface area contributed by atoms with E-state index in [9.17, 15) is 0 Å². The summed E-state index contributed by atoms with van der Waals surface area (Å²) in [6.07, 6.45) is 5.46. The van der Waals surface area contributed by atoms with E-state index in [1.165, 1.54) is 11.1 Å². The highest BCUT2D eigenvalue weighted by Gasteiger charge is 2.14. The van der Waals surface area contributed by atoms with Crippen LogP contribution in [0.3, 0.4) is 0 Å². The van der Waals surface area contributed by atoms with Crippen LogP contribution in [0.1, 0.15) is 5.56 Å². The SMILES string of the molecule is CSC1NCC(Cc2ccccc2)=C[NH2+]1.[I-]. The molecule has 1 aromatic rings. The lowest BCUT2D eigenvalue weighted by molar-refractivity contribution is -0.611. The molecule has 0 radical (unpaired) electrons. The molecule has 16 heavy (non-hydrogen) atoms. The lowest BCUT2D eigenvalue weighted by Crippen LogP contribution is -3.00. The zero-order chi connectivity index (χ0) is 10.5. The molecular formula is C12H17IN2S. The highest BCUT2D eigenvalue weighted by atomic mass is 127. The molecule has 0 saturated heterocycles. The molecule has 4 heteroatoms. The standard InChI is InChI=1S/C12H16N2S.HI/c1-15-12-13-8-11(9-14-12)7-10-5-3-2-4-6-10;/h2-6,8,12-14H,7,9H2,1H3;1H. The van der Waals surface area contributed by atoms with Gasteiger partial charge in [-0.05, 0) is 11.8 Å². The van der Waals surface area contributed by atoms with Gasteiger partial charge in [-0.25, -0.2) is 0 Å². The van der Waals surface area contributed by atoms with Crippen molar-refractivity contribution in [2.24, 2.45) is 0 Å². The van der Waals surface area contributed by atoms with Gasteiger partial charge in [0, 0.05) is 18.5 Å². The number of halogens is 1. The zero-order valence-electron chi connectivity index (χ0n) is 9.32. The van der Waals surface area contributed by atoms with Crippen LogP contribution >= 0.6 is 11.8 Å². The first-order valence-corrected chi connectivity index (χ1v) is 6.50. The smallest absolute Gasteiger partial charge is 0.192 e. The number of nitrogens with two attached hydrogens (primary N) is 1. The van der Waals surface area contributed by atoms with Crippen molar-refractivity contribution in [1.29, 1.82) is 0 Å². The molecule has 0 amide bonds. The molecule has 1 aliphatic rings. The molecule has 2 rings (SSSR count). The molecule has 0 bridgehead atoms. The van der Waals surface area contributed by atoms with E-state index in [4.69, 9.17) is 0 Å². The Morgan fingerprint density at radius 3 is 2.69 bits per heavy atom. The van der Waals surface area contributed by atoms with E-state index < -0.39 is 0 Å². The van der Waals surface area contributed by atoms with Crippen molar-refractivity contribution < 1.29 is 29.3 Å². The first kappa shape index (κ1) is 14.0. The molecule has 1 aromatic carbocycles. The largest absolute Gasteiger partial charge is 1.00 e. The molecule has 1 atom stereocenters. The van der Waals surface area contributed by atoms with Gasteiger partial charge in [0.2, 0.25) is 0 Å². The Labute approximate surface area is 118 Å². The molecule has 1 unspecified atom stereocenters. The third-order valence-electron chi connectivity index (χ3n) is 2.56. The first-order chi connectivity index (χ1) is 7.38. The van der Waals surface area contributed by atoms with Crippen LogP contribution < -0.4 is 34.6 Å². The predicted molar refractivity (Wildman–Crippen MR) is 65.5 cm³/mol. The van der Waals surface area contributed by atoms with E-state index >= 15 is 0 Å². The Balaban J connectivity index is 0.00000128. The molecule has 0 fully saturated rings. The van der Waals surface area contributed by atoms with Gasteiger partial charge in [0.1, 0.15) is 0 Å². The topological polar surface area (TPSA) is 28.6 Å². The number of hydrogen-bond donors (Lipinski definition) is 2. The lowest BCUT2D eigenvalue weighted by atomic mass is 10.1. The Kier molecular flexibility index (Phi) is 6.41. The van der Waals surface area contributed by atoms with E-state index in [-0.39, 0.29) is 24.0 Å². The summed E-state index contributed by atoms with van der Waals surface area (Å²) in [6, 6.07) is 10.6. The van der Waals surface area contributed by atoms with Crippen molar-refractivity contribution in [3.05, 3.63) is 47.7 Å². The van der Waals surface area contributed by atoms with Crippen LogP contribution in [-0.2, 0) is 6.42 Å². The van der Waals surface area contributed by atoms with Crippen LogP contribution in [0.5, 0.6) is 0 Å². The van der Waals surface area contributed by atoms with E-state index in [2.05, 4.69) is 53.4 Å². The normalized spacial score (nSPS) is 19.8. The fraction of sp³-hybridized carbons (Fsp3) is 0.333. The molecule has 3 N–H and O–H groups in total. The maximum Gasteiger partial charge on any atom is 0.192 e. The van der Waals surface area contributed by atoms with Crippen LogP contribution in [-0.4, -0.2) is 18.3 Å². The van der Waals surface area contributed by atoms with Gasteiger partial charge < -0.3 is 24.0 Å². The highest BCUT2D eigenvalue weighted by molar-refractivity contribution is 7.98. The third-order valence-corrected chi connectivity index (χ3v) is 3.40. The average molecular weight is 348 g/mol. The lowest BCUT2D eigenvalue weighted by Gasteiger charge is -2.19. The second-order valence-electron chi connectivity index (χ2n) is 3.72. The minimum absolute atomic E-state index is 0. The molecule has 1 heterocycles. The second kappa shape index (κ2) is 7.32. The summed E-state index contributed by atoms with van der Waals surface area (Å²) in [5.41, 5.74) is 3.34. The third kappa shape index (κ3) is 4.08. The Hall–Kier alpha value is -0.0400. The van der Waals surface area contributed by atoms with Gasteiger partial charge in [-0.15, -0.1) is 0 Å². The first-order valence-electron chi connectivity index (χ1n) is 5.21. The molecule has 1 aliphatic heterocycles. The van der Waals surface area contributed by atoms with Gasteiger partial charge in [0.15, 0.2) is 5.50 Å². The molecule has 88 valence electrons. The van der Waals surface area contributed by atoms with Crippen molar-refractivity contribution in [1.82, 2.24) is 5.32 Å². The van der Waals surface area contributed by atoms with Crippen molar-refractivity contribution in [3.63, 3.8) is 0 Å². The van der Waals surface area contributed by atoms with Crippen LogP contribution in [0.4, 0.5) is 0 Å². The Bertz CT molecular complexity index is 340. The summed E-state index contributed by atoms with van der Waals surface area (Å²) in [5.74, 6) is 0. The molecular weight excluding hydrogens is 331 g/mol. The summed E-state index contributed by atoms with van der Waals surface area (Å²) >= 11 is 1.84. The van der Waals surface area contributed by atoms with E-state index in [1.807, 2.05) is 11.8 Å². The van der Waals surface area contributed by atoms with Gasteiger partial charge in [0.05, 0.1) is 6.20 Å². The van der Waals surface area contributed by atoms with E-state index in [0.29, 0.717) is 5.50 Å². The Morgan fingerprint density at radius 1 is 1.38 bits per heavy atom. The van der Waals surface area contributed by atoms with Crippen LogP contribution in [0.25, 0.3) is 0 Å². The zero-order valence-corrected chi connectivity index (χ0v) is 12.3. The van der Waals surface area contributed by atoms with Gasteiger partial charge in [0.25, 0.3) is 0 Å². The van der Waals surface area contributed by atoms with Crippen molar-refractivity contribution in [3.8, 4) is 0 Å². The number of quaternary nitrogens is 1. The summed E-state index contributed by atoms with van der Waals surface area (Å²) < 4.78 is 0. The number of benzene rings is 1. The fourth-order valence-corrected chi connectivity index (χ4v) is 2.21. The molecule has 2 nitrogen and oxygen atoms in total.